The van der Waals surface area contributed by atoms with E-state index in [0.717, 1.165) is 36.7 Å². The van der Waals surface area contributed by atoms with Crippen LogP contribution >= 0.6 is 0 Å². The Morgan fingerprint density at radius 1 is 1.14 bits per heavy atom. The third kappa shape index (κ3) is 3.20. The van der Waals surface area contributed by atoms with Gasteiger partial charge in [0, 0.05) is 11.8 Å². The third-order valence-electron chi connectivity index (χ3n) is 9.07. The number of carbonyl (C=O) groups excluding carboxylic acids is 1. The van der Waals surface area contributed by atoms with Gasteiger partial charge in [0.2, 0.25) is 0 Å². The Labute approximate surface area is 170 Å². The summed E-state index contributed by atoms with van der Waals surface area (Å²) in [5.74, 6) is 2.12. The van der Waals surface area contributed by atoms with Gasteiger partial charge in [-0.15, -0.1) is 0 Å². The molecule has 158 valence electrons. The number of likely N-dealkylation sites (N-methyl/N-ethyl adjacent to an activating group) is 1. The van der Waals surface area contributed by atoms with E-state index in [1.807, 2.05) is 6.08 Å². The molecule has 0 aromatic rings. The molecule has 4 aliphatic rings. The van der Waals surface area contributed by atoms with Crippen LogP contribution in [0.5, 0.6) is 0 Å². The maximum Gasteiger partial charge on any atom is 0.158 e. The van der Waals surface area contributed by atoms with Crippen LogP contribution in [0.4, 0.5) is 0 Å². The summed E-state index contributed by atoms with van der Waals surface area (Å²) in [5, 5.41) is 10.7. The molecule has 0 radical (unpaired) electrons. The molecule has 0 heterocycles. The van der Waals surface area contributed by atoms with Gasteiger partial charge in [0.15, 0.2) is 5.78 Å². The zero-order valence-corrected chi connectivity index (χ0v) is 18.5. The molecule has 0 spiro atoms. The van der Waals surface area contributed by atoms with Crippen molar-refractivity contribution in [3.8, 4) is 0 Å². The van der Waals surface area contributed by atoms with Crippen molar-refractivity contribution in [2.45, 2.75) is 71.0 Å². The monoisotopic (exact) mass is 390 g/mol. The highest BCUT2D eigenvalue weighted by Gasteiger charge is 2.61. The van der Waals surface area contributed by atoms with E-state index in [2.05, 4.69) is 35.0 Å². The van der Waals surface area contributed by atoms with E-state index in [9.17, 15) is 9.90 Å². The molecule has 4 nitrogen and oxygen atoms in total. The quantitative estimate of drug-likeness (QED) is 0.747. The second kappa shape index (κ2) is 6.92. The zero-order chi connectivity index (χ0) is 20.3. The van der Waals surface area contributed by atoms with E-state index in [-0.39, 0.29) is 28.8 Å². The lowest BCUT2D eigenvalue weighted by molar-refractivity contribution is -0.870. The van der Waals surface area contributed by atoms with Crippen molar-refractivity contribution in [2.75, 3.05) is 34.3 Å². The number of aliphatic hydroxyl groups is 1. The first kappa shape index (κ1) is 20.6. The van der Waals surface area contributed by atoms with Crippen LogP contribution in [0.25, 0.3) is 0 Å². The fourth-order valence-electron chi connectivity index (χ4n) is 7.26. The number of aliphatic hydroxyl groups excluding tert-OH is 1. The van der Waals surface area contributed by atoms with Crippen LogP contribution < -0.4 is 0 Å². The first-order valence-corrected chi connectivity index (χ1v) is 11.4. The summed E-state index contributed by atoms with van der Waals surface area (Å²) in [4.78, 5) is 12.5. The van der Waals surface area contributed by atoms with Crippen molar-refractivity contribution in [1.29, 1.82) is 0 Å². The Kier molecular flexibility index (Phi) is 5.08. The number of rotatable bonds is 4. The molecule has 3 fully saturated rings. The number of nitrogens with zero attached hydrogens (tertiary/aromatic N) is 1. The Hall–Kier alpha value is -0.710. The third-order valence-corrected chi connectivity index (χ3v) is 9.07. The van der Waals surface area contributed by atoms with Crippen LogP contribution in [0, 0.1) is 28.6 Å². The van der Waals surface area contributed by atoms with Crippen LogP contribution in [0.1, 0.15) is 58.8 Å². The van der Waals surface area contributed by atoms with Crippen molar-refractivity contribution in [1.82, 2.24) is 0 Å². The summed E-state index contributed by atoms with van der Waals surface area (Å²) in [5.41, 5.74) is 1.43. The highest BCUT2D eigenvalue weighted by molar-refractivity contribution is 5.92. The Bertz CT molecular complexity index is 665. The predicted octanol–water partition coefficient (Wildman–Crippen LogP) is 3.58. The molecule has 0 aromatic heterocycles. The zero-order valence-electron chi connectivity index (χ0n) is 18.5. The Balaban J connectivity index is 1.60. The Morgan fingerprint density at radius 3 is 2.61 bits per heavy atom. The standard InChI is InChI=1S/C24H40NO3/c1-23-11-10-20-18(19(23)8-9-21(23)27)7-6-16-14-17(26)15-22(24(16,20)2)28-13-12-25(3,4)5/h14,18-22,27H,6-13,15H2,1-5H3/q+1/t18-,19-,20-,21-,22?,23-,24-/m0/s1. The predicted molar refractivity (Wildman–Crippen MR) is 111 cm³/mol. The van der Waals surface area contributed by atoms with E-state index >= 15 is 0 Å². The van der Waals surface area contributed by atoms with Crippen molar-refractivity contribution < 1.29 is 19.1 Å². The average Bonchev–Trinajstić information content (AvgIpc) is 2.90. The van der Waals surface area contributed by atoms with Crippen LogP contribution in [0.3, 0.4) is 0 Å². The molecule has 4 heteroatoms. The second-order valence-electron chi connectivity index (χ2n) is 11.5. The van der Waals surface area contributed by atoms with Crippen molar-refractivity contribution in [3.63, 3.8) is 0 Å². The van der Waals surface area contributed by atoms with Gasteiger partial charge in [-0.3, -0.25) is 4.79 Å². The summed E-state index contributed by atoms with van der Waals surface area (Å²) in [7, 11) is 6.56. The lowest BCUT2D eigenvalue weighted by Crippen LogP contribution is -2.56. The maximum absolute atomic E-state index is 12.5. The minimum atomic E-state index is -0.132. The van der Waals surface area contributed by atoms with E-state index in [4.69, 9.17) is 4.74 Å². The van der Waals surface area contributed by atoms with Crippen molar-refractivity contribution in [3.05, 3.63) is 11.6 Å². The van der Waals surface area contributed by atoms with E-state index in [1.165, 1.54) is 18.4 Å². The van der Waals surface area contributed by atoms with Crippen molar-refractivity contribution in [2.24, 2.45) is 28.6 Å². The van der Waals surface area contributed by atoms with Crippen molar-refractivity contribution >= 4 is 5.78 Å². The van der Waals surface area contributed by atoms with Crippen LogP contribution in [-0.2, 0) is 9.53 Å². The fraction of sp³-hybridized carbons (Fsp3) is 0.875. The molecular formula is C24H40NO3+. The number of hydrogen-bond acceptors (Lipinski definition) is 3. The first-order valence-electron chi connectivity index (χ1n) is 11.4. The van der Waals surface area contributed by atoms with Gasteiger partial charge in [-0.2, -0.15) is 0 Å². The summed E-state index contributed by atoms with van der Waals surface area (Å²) >= 11 is 0. The number of hydrogen-bond donors (Lipinski definition) is 1. The molecule has 28 heavy (non-hydrogen) atoms. The fourth-order valence-corrected chi connectivity index (χ4v) is 7.26. The molecule has 0 aromatic carbocycles. The molecule has 4 aliphatic carbocycles. The van der Waals surface area contributed by atoms with Gasteiger partial charge in [-0.1, -0.05) is 19.4 Å². The molecule has 7 atom stereocenters. The normalized spacial score (nSPS) is 45.9. The molecule has 0 amide bonds. The number of carbonyl (C=O) groups is 1. The molecule has 0 aliphatic heterocycles. The highest BCUT2D eigenvalue weighted by atomic mass is 16.5. The maximum atomic E-state index is 12.5. The second-order valence-corrected chi connectivity index (χ2v) is 11.5. The lowest BCUT2D eigenvalue weighted by Gasteiger charge is -2.59. The number of ether oxygens (including phenoxy) is 1. The van der Waals surface area contributed by atoms with Gasteiger partial charge >= 0.3 is 0 Å². The van der Waals surface area contributed by atoms with Crippen LogP contribution in [0.2, 0.25) is 0 Å². The largest absolute Gasteiger partial charge is 0.393 e. The molecule has 1 N–H and O–H groups in total. The molecule has 0 bridgehead atoms. The lowest BCUT2D eigenvalue weighted by atomic mass is 9.46. The SMILES string of the molecule is C[C@]12CC[C@H]3[C@@H](CCC4=CC(=O)CC(OCC[N+](C)(C)C)[C@@]43C)[C@@H]1CC[C@@H]2O. The number of ketones is 1. The first-order chi connectivity index (χ1) is 13.1. The van der Waals surface area contributed by atoms with Gasteiger partial charge < -0.3 is 14.3 Å². The topological polar surface area (TPSA) is 46.5 Å². The smallest absolute Gasteiger partial charge is 0.158 e. The highest BCUT2D eigenvalue weighted by Crippen LogP contribution is 2.65. The number of quaternary nitrogens is 1. The molecule has 0 saturated heterocycles. The van der Waals surface area contributed by atoms with E-state index in [1.54, 1.807) is 0 Å². The minimum Gasteiger partial charge on any atom is -0.393 e. The summed E-state index contributed by atoms with van der Waals surface area (Å²) in [6.07, 6.45) is 8.99. The number of fused-ring (bicyclic) bond motifs is 5. The van der Waals surface area contributed by atoms with Gasteiger partial charge in [0.25, 0.3) is 0 Å². The van der Waals surface area contributed by atoms with Crippen LogP contribution in [-0.4, -0.2) is 61.9 Å². The molecule has 3 saturated carbocycles. The van der Waals surface area contributed by atoms with Gasteiger partial charge in [0.1, 0.15) is 6.54 Å². The van der Waals surface area contributed by atoms with Crippen LogP contribution in [0.15, 0.2) is 11.6 Å². The van der Waals surface area contributed by atoms with Gasteiger partial charge in [-0.25, -0.2) is 0 Å². The Morgan fingerprint density at radius 2 is 1.89 bits per heavy atom. The van der Waals surface area contributed by atoms with E-state index in [0.29, 0.717) is 30.8 Å². The molecule has 4 rings (SSSR count). The van der Waals surface area contributed by atoms with Gasteiger partial charge in [-0.05, 0) is 67.8 Å². The molecule has 1 unspecified atom stereocenters. The minimum absolute atomic E-state index is 0.00929. The summed E-state index contributed by atoms with van der Waals surface area (Å²) < 4.78 is 7.36. The van der Waals surface area contributed by atoms with E-state index < -0.39 is 0 Å². The van der Waals surface area contributed by atoms with Gasteiger partial charge in [0.05, 0.1) is 40.0 Å². The molecular weight excluding hydrogens is 350 g/mol. The average molecular weight is 391 g/mol. The summed E-state index contributed by atoms with van der Waals surface area (Å²) in [6.45, 7) is 6.40. The summed E-state index contributed by atoms with van der Waals surface area (Å²) in [6, 6.07) is 0.